The number of hydrogen-bond donors (Lipinski definition) is 13. The van der Waals surface area contributed by atoms with Gasteiger partial charge in [-0.25, -0.2) is 0 Å². The molecule has 0 aromatic carbocycles. The van der Waals surface area contributed by atoms with Crippen molar-refractivity contribution in [2.45, 2.75) is 118 Å². The average Bonchev–Trinajstić information content (AvgIpc) is 3.00. The van der Waals surface area contributed by atoms with Gasteiger partial charge in [-0.1, -0.05) is 19.1 Å². The fourth-order valence-electron chi connectivity index (χ4n) is 6.12. The van der Waals surface area contributed by atoms with Crippen molar-refractivity contribution in [2.75, 3.05) is 19.8 Å². The lowest BCUT2D eigenvalue weighted by Gasteiger charge is -2.48. The van der Waals surface area contributed by atoms with Crippen LogP contribution in [0.5, 0.6) is 0 Å². The Bertz CT molecular complexity index is 1010. The largest absolute Gasteiger partial charge is 0.394 e. The summed E-state index contributed by atoms with van der Waals surface area (Å²) in [6.07, 6.45) is -20.1. The number of aliphatic hydroxyl groups is 12. The smallest absolute Gasteiger partial charge is 0.187 e. The summed E-state index contributed by atoms with van der Waals surface area (Å²) >= 11 is 0. The molecule has 0 spiro atoms. The normalized spacial score (nSPS) is 50.2. The molecular weight excluding hydrogens is 594 g/mol. The van der Waals surface area contributed by atoms with Gasteiger partial charge in [-0.15, -0.1) is 0 Å². The molecule has 18 atom stereocenters. The number of ether oxygens (including phenoxy) is 4. The third-order valence-corrected chi connectivity index (χ3v) is 8.85. The maximum absolute atomic E-state index is 10.9. The van der Waals surface area contributed by atoms with E-state index >= 15 is 0 Å². The zero-order valence-electron chi connectivity index (χ0n) is 24.2. The molecule has 254 valence electrons. The second-order valence-corrected chi connectivity index (χ2v) is 11.8. The van der Waals surface area contributed by atoms with Gasteiger partial charge in [-0.3, -0.25) is 0 Å². The highest BCUT2D eigenvalue weighted by molar-refractivity contribution is 5.22. The van der Waals surface area contributed by atoms with Gasteiger partial charge in [-0.05, 0) is 18.1 Å². The molecule has 0 radical (unpaired) electrons. The monoisotopic (exact) mass is 639 g/mol. The van der Waals surface area contributed by atoms with Gasteiger partial charge in [0.2, 0.25) is 0 Å². The van der Waals surface area contributed by atoms with Gasteiger partial charge in [0.1, 0.15) is 67.1 Å². The van der Waals surface area contributed by atoms with Crippen molar-refractivity contribution in [3.63, 3.8) is 0 Å². The van der Waals surface area contributed by atoms with Crippen LogP contribution in [0.25, 0.3) is 0 Å². The molecule has 0 bridgehead atoms. The molecule has 4 aliphatic rings. The van der Waals surface area contributed by atoms with Gasteiger partial charge in [0.25, 0.3) is 0 Å². The first-order valence-corrected chi connectivity index (χ1v) is 14.5. The van der Waals surface area contributed by atoms with E-state index in [1.54, 1.807) is 6.92 Å². The van der Waals surface area contributed by atoms with Crippen LogP contribution in [0, 0.1) is 5.92 Å². The SMILES string of the molecule is CC1C=C(CO)C(OC2OC(CO)C(OC3OC(C)C(NC4C=C(CO)C(O)C(O)C4O)C(O)C3O)C(O)C2O)C(O)C1O. The van der Waals surface area contributed by atoms with Crippen LogP contribution in [0.3, 0.4) is 0 Å². The zero-order valence-corrected chi connectivity index (χ0v) is 24.2. The maximum atomic E-state index is 10.9. The maximum Gasteiger partial charge on any atom is 0.187 e. The summed E-state index contributed by atoms with van der Waals surface area (Å²) in [5.41, 5.74) is 0.245. The Labute approximate surface area is 252 Å². The molecule has 4 rings (SSSR count). The third-order valence-electron chi connectivity index (χ3n) is 8.85. The van der Waals surface area contributed by atoms with Gasteiger partial charge in [-0.2, -0.15) is 0 Å². The number of rotatable bonds is 9. The Kier molecular flexibility index (Phi) is 11.9. The van der Waals surface area contributed by atoms with Gasteiger partial charge < -0.3 is 85.5 Å². The Morgan fingerprint density at radius 3 is 1.89 bits per heavy atom. The van der Waals surface area contributed by atoms with E-state index < -0.39 is 130 Å². The van der Waals surface area contributed by atoms with Gasteiger partial charge in [0, 0.05) is 5.92 Å². The van der Waals surface area contributed by atoms with Gasteiger partial charge in [0.15, 0.2) is 12.6 Å². The van der Waals surface area contributed by atoms with Crippen LogP contribution in [0.15, 0.2) is 23.3 Å². The van der Waals surface area contributed by atoms with Crippen LogP contribution >= 0.6 is 0 Å². The van der Waals surface area contributed by atoms with Crippen LogP contribution in [0.1, 0.15) is 13.8 Å². The van der Waals surface area contributed by atoms with Crippen molar-refractivity contribution >= 4 is 0 Å². The van der Waals surface area contributed by atoms with Crippen molar-refractivity contribution in [3.8, 4) is 0 Å². The molecule has 0 amide bonds. The fraction of sp³-hybridized carbons (Fsp3) is 0.852. The lowest BCUT2D eigenvalue weighted by molar-refractivity contribution is -0.357. The zero-order chi connectivity index (χ0) is 32.6. The first kappa shape index (κ1) is 35.7. The van der Waals surface area contributed by atoms with Crippen LogP contribution in [-0.4, -0.2) is 185 Å². The fourth-order valence-corrected chi connectivity index (χ4v) is 6.12. The molecule has 2 aliphatic heterocycles. The van der Waals surface area contributed by atoms with Gasteiger partial charge >= 0.3 is 0 Å². The molecule has 2 fully saturated rings. The van der Waals surface area contributed by atoms with Crippen LogP contribution in [0.4, 0.5) is 0 Å². The second-order valence-electron chi connectivity index (χ2n) is 11.8. The molecular formula is C27H45NO16. The van der Waals surface area contributed by atoms with E-state index in [0.29, 0.717) is 0 Å². The quantitative estimate of drug-likeness (QED) is 0.104. The highest BCUT2D eigenvalue weighted by Crippen LogP contribution is 2.33. The molecule has 17 nitrogen and oxygen atoms in total. The number of nitrogens with one attached hydrogen (secondary N) is 1. The van der Waals surface area contributed by atoms with E-state index in [4.69, 9.17) is 18.9 Å². The molecule has 44 heavy (non-hydrogen) atoms. The molecule has 0 aromatic heterocycles. The van der Waals surface area contributed by atoms with E-state index in [2.05, 4.69) is 5.32 Å². The molecule has 0 saturated carbocycles. The summed E-state index contributed by atoms with van der Waals surface area (Å²) < 4.78 is 22.7. The molecule has 2 aliphatic carbocycles. The minimum Gasteiger partial charge on any atom is -0.394 e. The van der Waals surface area contributed by atoms with Crippen molar-refractivity contribution in [2.24, 2.45) is 5.92 Å². The molecule has 0 aromatic rings. The van der Waals surface area contributed by atoms with Gasteiger partial charge in [0.05, 0.1) is 44.1 Å². The van der Waals surface area contributed by atoms with Crippen LogP contribution < -0.4 is 5.32 Å². The minimum absolute atomic E-state index is 0.0374. The number of aliphatic hydroxyl groups excluding tert-OH is 12. The third kappa shape index (κ3) is 6.90. The highest BCUT2D eigenvalue weighted by atomic mass is 16.7. The molecule has 13 N–H and O–H groups in total. The standard InChI is InChI=1S/C27H45NO16/c1-8-3-11(6-30)24(20(37)15(8)32)43-27-23(40)21(38)25(13(7-31)42-27)44-26-22(39)18(35)14(9(2)41-26)28-12-4-10(5-29)16(33)19(36)17(12)34/h3-4,8-9,12-40H,5-7H2,1-2H3. The van der Waals surface area contributed by atoms with Crippen molar-refractivity contribution in [1.82, 2.24) is 5.32 Å². The lowest BCUT2D eigenvalue weighted by atomic mass is 9.84. The van der Waals surface area contributed by atoms with E-state index in [1.807, 2.05) is 0 Å². The Morgan fingerprint density at radius 1 is 0.659 bits per heavy atom. The first-order valence-electron chi connectivity index (χ1n) is 14.5. The van der Waals surface area contributed by atoms with E-state index in [-0.39, 0.29) is 11.1 Å². The second kappa shape index (κ2) is 14.7. The predicted octanol–water partition coefficient (Wildman–Crippen LogP) is -6.71. The Hall–Kier alpha value is -1.20. The summed E-state index contributed by atoms with van der Waals surface area (Å²) in [5, 5.41) is 127. The molecule has 18 unspecified atom stereocenters. The first-order chi connectivity index (χ1) is 20.7. The summed E-state index contributed by atoms with van der Waals surface area (Å²) in [6.45, 7) is 1.21. The Morgan fingerprint density at radius 2 is 1.27 bits per heavy atom. The van der Waals surface area contributed by atoms with Crippen LogP contribution in [-0.2, 0) is 18.9 Å². The van der Waals surface area contributed by atoms with Crippen molar-refractivity contribution in [1.29, 1.82) is 0 Å². The summed E-state index contributed by atoms with van der Waals surface area (Å²) in [7, 11) is 0. The van der Waals surface area contributed by atoms with Crippen molar-refractivity contribution < 1.29 is 80.2 Å². The van der Waals surface area contributed by atoms with Crippen LogP contribution in [0.2, 0.25) is 0 Å². The van der Waals surface area contributed by atoms with E-state index in [9.17, 15) is 61.3 Å². The van der Waals surface area contributed by atoms with Crippen molar-refractivity contribution in [3.05, 3.63) is 23.3 Å². The topological polar surface area (TPSA) is 292 Å². The summed E-state index contributed by atoms with van der Waals surface area (Å²) in [6, 6.07) is -2.13. The van der Waals surface area contributed by atoms with E-state index in [0.717, 1.165) is 0 Å². The minimum atomic E-state index is -1.84. The highest BCUT2D eigenvalue weighted by Gasteiger charge is 2.52. The summed E-state index contributed by atoms with van der Waals surface area (Å²) in [4.78, 5) is 0. The number of hydrogen-bond acceptors (Lipinski definition) is 17. The molecule has 2 heterocycles. The predicted molar refractivity (Wildman–Crippen MR) is 144 cm³/mol. The summed E-state index contributed by atoms with van der Waals surface area (Å²) in [5.74, 6) is -0.506. The average molecular weight is 640 g/mol. The molecule has 17 heteroatoms. The molecule has 2 saturated heterocycles. The Balaban J connectivity index is 1.43. The lowest BCUT2D eigenvalue weighted by Crippen LogP contribution is -2.68. The van der Waals surface area contributed by atoms with E-state index in [1.165, 1.54) is 19.1 Å².